The molecule has 0 heterocycles. The summed E-state index contributed by atoms with van der Waals surface area (Å²) in [6.45, 7) is 1.06. The van der Waals surface area contributed by atoms with Crippen molar-refractivity contribution in [1.82, 2.24) is 0 Å². The fraction of sp³-hybridized carbons (Fsp3) is 0.833. The van der Waals surface area contributed by atoms with Gasteiger partial charge in [-0.15, -0.1) is 0 Å². The average Bonchev–Trinajstić information content (AvgIpc) is 1.85. The minimum absolute atomic E-state index is 0.0234. The van der Waals surface area contributed by atoms with Crippen LogP contribution in [-0.4, -0.2) is 30.1 Å². The summed E-state index contributed by atoms with van der Waals surface area (Å²) in [6.07, 6.45) is 0.0234. The SMILES string of the molecule is CCOP(C)(=O)SCCC(=O)O. The zero-order valence-electron chi connectivity index (χ0n) is 7.15. The highest BCUT2D eigenvalue weighted by Crippen LogP contribution is 2.56. The molecule has 0 radical (unpaired) electrons. The molecule has 1 unspecified atom stereocenters. The van der Waals surface area contributed by atoms with Gasteiger partial charge in [0, 0.05) is 12.4 Å². The van der Waals surface area contributed by atoms with Crippen molar-refractivity contribution < 1.29 is 19.0 Å². The number of carboxylic acids is 1. The van der Waals surface area contributed by atoms with Gasteiger partial charge in [-0.2, -0.15) is 0 Å². The first-order valence-electron chi connectivity index (χ1n) is 3.56. The van der Waals surface area contributed by atoms with Gasteiger partial charge in [0.2, 0.25) is 0 Å². The lowest BCUT2D eigenvalue weighted by atomic mass is 10.5. The molecule has 6 heteroatoms. The highest BCUT2D eigenvalue weighted by molar-refractivity contribution is 8.56. The van der Waals surface area contributed by atoms with Crippen LogP contribution in [0.4, 0.5) is 0 Å². The third kappa shape index (κ3) is 6.70. The molecule has 0 saturated carbocycles. The van der Waals surface area contributed by atoms with Crippen molar-refractivity contribution in [2.24, 2.45) is 0 Å². The van der Waals surface area contributed by atoms with Gasteiger partial charge in [-0.1, -0.05) is 11.4 Å². The van der Waals surface area contributed by atoms with Crippen molar-refractivity contribution in [3.63, 3.8) is 0 Å². The zero-order valence-corrected chi connectivity index (χ0v) is 8.86. The highest BCUT2D eigenvalue weighted by Gasteiger charge is 2.15. The summed E-state index contributed by atoms with van der Waals surface area (Å²) in [4.78, 5) is 10.1. The summed E-state index contributed by atoms with van der Waals surface area (Å²) in [7, 11) is 0. The van der Waals surface area contributed by atoms with E-state index in [1.165, 1.54) is 6.66 Å². The van der Waals surface area contributed by atoms with Crippen molar-refractivity contribution in [3.8, 4) is 0 Å². The largest absolute Gasteiger partial charge is 0.481 e. The van der Waals surface area contributed by atoms with Crippen LogP contribution in [0.5, 0.6) is 0 Å². The first kappa shape index (κ1) is 12.0. The van der Waals surface area contributed by atoms with E-state index in [4.69, 9.17) is 9.63 Å². The quantitative estimate of drug-likeness (QED) is 0.682. The maximum absolute atomic E-state index is 11.3. The average molecular weight is 212 g/mol. The standard InChI is InChI=1S/C6H13O4PS/c1-3-10-11(2,9)12-5-4-6(7)8/h3-5H2,1-2H3,(H,7,8). The lowest BCUT2D eigenvalue weighted by molar-refractivity contribution is -0.136. The van der Waals surface area contributed by atoms with Crippen LogP contribution in [0.25, 0.3) is 0 Å². The molecule has 0 aromatic heterocycles. The third-order valence-electron chi connectivity index (χ3n) is 1.01. The van der Waals surface area contributed by atoms with Gasteiger partial charge in [-0.05, 0) is 6.92 Å². The maximum Gasteiger partial charge on any atom is 0.304 e. The van der Waals surface area contributed by atoms with Crippen LogP contribution < -0.4 is 0 Å². The van der Waals surface area contributed by atoms with E-state index in [-0.39, 0.29) is 6.42 Å². The Hall–Kier alpha value is 0.0100. The van der Waals surface area contributed by atoms with Crippen LogP contribution in [0.1, 0.15) is 13.3 Å². The summed E-state index contributed by atoms with van der Waals surface area (Å²) >= 11 is 1.08. The number of carbonyl (C=O) groups is 1. The first-order chi connectivity index (χ1) is 5.48. The fourth-order valence-corrected chi connectivity index (χ4v) is 3.52. The second kappa shape index (κ2) is 5.62. The molecule has 4 nitrogen and oxygen atoms in total. The molecule has 1 N–H and O–H groups in total. The van der Waals surface area contributed by atoms with Crippen LogP contribution in [0.3, 0.4) is 0 Å². The first-order valence-corrected chi connectivity index (χ1v) is 7.22. The summed E-state index contributed by atoms with van der Waals surface area (Å²) in [6, 6.07) is 0. The number of carboxylic acid groups (broad SMARTS) is 1. The maximum atomic E-state index is 11.3. The molecule has 0 spiro atoms. The Morgan fingerprint density at radius 3 is 2.67 bits per heavy atom. The lowest BCUT2D eigenvalue weighted by Crippen LogP contribution is -1.96. The summed E-state index contributed by atoms with van der Waals surface area (Å²) in [5.74, 6) is -0.540. The van der Waals surface area contributed by atoms with Crippen molar-refractivity contribution in [1.29, 1.82) is 0 Å². The zero-order chi connectivity index (χ0) is 9.61. The van der Waals surface area contributed by atoms with Gasteiger partial charge < -0.3 is 9.63 Å². The number of hydrogen-bond donors (Lipinski definition) is 1. The lowest BCUT2D eigenvalue weighted by Gasteiger charge is -2.09. The molecular formula is C6H13O4PS. The van der Waals surface area contributed by atoms with Gasteiger partial charge in [0.05, 0.1) is 13.0 Å². The monoisotopic (exact) mass is 212 g/mol. The molecule has 0 aliphatic carbocycles. The predicted octanol–water partition coefficient (Wildman–Crippen LogP) is 2.05. The molecule has 0 amide bonds. The number of aliphatic carboxylic acids is 1. The molecule has 0 bridgehead atoms. The van der Waals surface area contributed by atoms with Crippen LogP contribution >= 0.6 is 18.0 Å². The van der Waals surface area contributed by atoms with Crippen molar-refractivity contribution in [3.05, 3.63) is 0 Å². The smallest absolute Gasteiger partial charge is 0.304 e. The normalized spacial score (nSPS) is 15.5. The van der Waals surface area contributed by atoms with E-state index < -0.39 is 12.5 Å². The summed E-state index contributed by atoms with van der Waals surface area (Å²) in [5, 5.41) is 8.30. The van der Waals surface area contributed by atoms with E-state index in [1.807, 2.05) is 0 Å². The van der Waals surface area contributed by atoms with Gasteiger partial charge in [-0.3, -0.25) is 9.36 Å². The third-order valence-corrected chi connectivity index (χ3v) is 4.86. The molecule has 12 heavy (non-hydrogen) atoms. The Balaban J connectivity index is 3.61. The van der Waals surface area contributed by atoms with E-state index in [1.54, 1.807) is 6.92 Å². The van der Waals surface area contributed by atoms with Crippen molar-refractivity contribution >= 4 is 23.9 Å². The van der Waals surface area contributed by atoms with Crippen LogP contribution in [-0.2, 0) is 13.9 Å². The second-order valence-corrected chi connectivity index (χ2v) is 7.40. The number of hydrogen-bond acceptors (Lipinski definition) is 4. The molecule has 0 rings (SSSR count). The van der Waals surface area contributed by atoms with E-state index in [0.29, 0.717) is 12.4 Å². The Kier molecular flexibility index (Phi) is 5.63. The summed E-state index contributed by atoms with van der Waals surface area (Å²) < 4.78 is 16.3. The molecule has 0 aliphatic heterocycles. The Morgan fingerprint density at radius 1 is 1.67 bits per heavy atom. The minimum Gasteiger partial charge on any atom is -0.481 e. The molecule has 72 valence electrons. The topological polar surface area (TPSA) is 63.6 Å². The van der Waals surface area contributed by atoms with Gasteiger partial charge in [0.1, 0.15) is 0 Å². The van der Waals surface area contributed by atoms with E-state index in [0.717, 1.165) is 11.4 Å². The number of rotatable bonds is 6. The summed E-state index contributed by atoms with van der Waals surface area (Å²) in [5.41, 5.74) is 0. The van der Waals surface area contributed by atoms with Gasteiger partial charge in [0.25, 0.3) is 6.57 Å². The fourth-order valence-electron chi connectivity index (χ4n) is 0.571. The van der Waals surface area contributed by atoms with Crippen LogP contribution in [0.15, 0.2) is 0 Å². The van der Waals surface area contributed by atoms with Gasteiger partial charge >= 0.3 is 5.97 Å². The Bertz CT molecular complexity index is 194. The molecule has 0 saturated heterocycles. The Labute approximate surface area is 75.9 Å². The molecule has 0 fully saturated rings. The molecule has 1 atom stereocenters. The molecule has 0 aromatic carbocycles. The minimum atomic E-state index is -2.60. The molecule has 0 aliphatic rings. The highest BCUT2D eigenvalue weighted by atomic mass is 32.7. The second-order valence-electron chi connectivity index (χ2n) is 2.17. The van der Waals surface area contributed by atoms with Crippen LogP contribution in [0.2, 0.25) is 0 Å². The van der Waals surface area contributed by atoms with E-state index in [9.17, 15) is 9.36 Å². The molecule has 0 aromatic rings. The van der Waals surface area contributed by atoms with Crippen LogP contribution in [0, 0.1) is 0 Å². The van der Waals surface area contributed by atoms with E-state index >= 15 is 0 Å². The molecular weight excluding hydrogens is 199 g/mol. The predicted molar refractivity (Wildman–Crippen MR) is 49.9 cm³/mol. The Morgan fingerprint density at radius 2 is 2.25 bits per heavy atom. The van der Waals surface area contributed by atoms with Crippen molar-refractivity contribution in [2.75, 3.05) is 19.0 Å². The van der Waals surface area contributed by atoms with Gasteiger partial charge in [0.15, 0.2) is 0 Å². The van der Waals surface area contributed by atoms with Crippen molar-refractivity contribution in [2.45, 2.75) is 13.3 Å². The van der Waals surface area contributed by atoms with E-state index in [2.05, 4.69) is 0 Å². The van der Waals surface area contributed by atoms with Gasteiger partial charge in [-0.25, -0.2) is 0 Å².